The molecule has 1 aromatic carbocycles. The number of ether oxygens (including phenoxy) is 1. The van der Waals surface area contributed by atoms with Gasteiger partial charge in [-0.1, -0.05) is 12.1 Å². The lowest BCUT2D eigenvalue weighted by Crippen LogP contribution is -2.28. The normalized spacial score (nSPS) is 10.8. The number of aromatic nitrogens is 2. The number of carbonyl (C=O) groups is 1. The van der Waals surface area contributed by atoms with Crippen LogP contribution in [-0.4, -0.2) is 40.1 Å². The number of thioether (sulfide) groups is 1. The second kappa shape index (κ2) is 7.40. The first-order valence-electron chi connectivity index (χ1n) is 7.59. The highest BCUT2D eigenvalue weighted by atomic mass is 32.2. The third kappa shape index (κ3) is 3.71. The van der Waals surface area contributed by atoms with Gasteiger partial charge in [-0.25, -0.2) is 4.98 Å². The lowest BCUT2D eigenvalue weighted by atomic mass is 10.3. The molecule has 5 nitrogen and oxygen atoms in total. The van der Waals surface area contributed by atoms with E-state index in [-0.39, 0.29) is 5.91 Å². The molecule has 6 heteroatoms. The van der Waals surface area contributed by atoms with E-state index in [0.717, 1.165) is 22.0 Å². The van der Waals surface area contributed by atoms with Crippen LogP contribution in [0.3, 0.4) is 0 Å². The fraction of sp³-hybridized carbons (Fsp3) is 0.222. The van der Waals surface area contributed by atoms with Gasteiger partial charge in [0.1, 0.15) is 11.4 Å². The maximum absolute atomic E-state index is 12.4. The summed E-state index contributed by atoms with van der Waals surface area (Å²) < 4.78 is 7.20. The minimum absolute atomic E-state index is 0.0775. The number of nitrogens with zero attached hydrogens (tertiary/aromatic N) is 3. The highest BCUT2D eigenvalue weighted by Gasteiger charge is 2.12. The van der Waals surface area contributed by atoms with Crippen molar-refractivity contribution in [1.29, 1.82) is 0 Å². The van der Waals surface area contributed by atoms with Crippen LogP contribution in [0.2, 0.25) is 0 Å². The quantitative estimate of drug-likeness (QED) is 0.647. The van der Waals surface area contributed by atoms with E-state index in [1.807, 2.05) is 66.3 Å². The second-order valence-corrected chi connectivity index (χ2v) is 6.44. The fourth-order valence-corrected chi connectivity index (χ4v) is 3.26. The van der Waals surface area contributed by atoms with Crippen LogP contribution in [-0.2, 0) is 11.3 Å². The average molecular weight is 341 g/mol. The van der Waals surface area contributed by atoms with Crippen molar-refractivity contribution in [3.05, 3.63) is 60.6 Å². The second-order valence-electron chi connectivity index (χ2n) is 5.40. The number of pyridine rings is 1. The predicted molar refractivity (Wildman–Crippen MR) is 95.4 cm³/mol. The first-order valence-corrected chi connectivity index (χ1v) is 8.57. The molecule has 24 heavy (non-hydrogen) atoms. The molecule has 124 valence electrons. The third-order valence-corrected chi connectivity index (χ3v) is 4.70. The summed E-state index contributed by atoms with van der Waals surface area (Å²) in [4.78, 5) is 19.5. The third-order valence-electron chi connectivity index (χ3n) is 3.72. The zero-order valence-corrected chi connectivity index (χ0v) is 14.5. The van der Waals surface area contributed by atoms with Crippen molar-refractivity contribution < 1.29 is 9.53 Å². The highest BCUT2D eigenvalue weighted by molar-refractivity contribution is 8.00. The van der Waals surface area contributed by atoms with Gasteiger partial charge in [0.2, 0.25) is 5.91 Å². The van der Waals surface area contributed by atoms with Crippen LogP contribution >= 0.6 is 11.8 Å². The van der Waals surface area contributed by atoms with E-state index in [0.29, 0.717) is 12.3 Å². The number of carbonyl (C=O) groups excluding carboxylic acids is 1. The highest BCUT2D eigenvalue weighted by Crippen LogP contribution is 2.23. The maximum Gasteiger partial charge on any atom is 0.233 e. The monoisotopic (exact) mass is 341 g/mol. The smallest absolute Gasteiger partial charge is 0.233 e. The predicted octanol–water partition coefficient (Wildman–Crippen LogP) is 3.09. The molecule has 0 radical (unpaired) electrons. The van der Waals surface area contributed by atoms with Gasteiger partial charge in [-0.3, -0.25) is 4.79 Å². The van der Waals surface area contributed by atoms with Gasteiger partial charge in [0.25, 0.3) is 0 Å². The summed E-state index contributed by atoms with van der Waals surface area (Å²) in [5.41, 5.74) is 1.88. The van der Waals surface area contributed by atoms with E-state index in [1.165, 1.54) is 11.8 Å². The lowest BCUT2D eigenvalue weighted by molar-refractivity contribution is -0.127. The number of rotatable bonds is 6. The van der Waals surface area contributed by atoms with Crippen molar-refractivity contribution >= 4 is 23.3 Å². The van der Waals surface area contributed by atoms with Crippen LogP contribution in [0.1, 0.15) is 5.69 Å². The van der Waals surface area contributed by atoms with Crippen molar-refractivity contribution in [2.45, 2.75) is 11.4 Å². The van der Waals surface area contributed by atoms with Gasteiger partial charge >= 0.3 is 0 Å². The zero-order valence-electron chi connectivity index (χ0n) is 13.7. The molecule has 2 aromatic heterocycles. The van der Waals surface area contributed by atoms with Crippen molar-refractivity contribution in [3.8, 4) is 5.75 Å². The standard InChI is InChI=1S/C18H19N3O2S/c1-20(12-14-11-19-17-8-3-4-9-21(14)17)18(22)13-24-16-7-5-6-15(10-16)23-2/h3-11H,12-13H2,1-2H3. The molecule has 0 aliphatic rings. The molecule has 0 unspecified atom stereocenters. The van der Waals surface area contributed by atoms with Crippen LogP contribution in [0.4, 0.5) is 0 Å². The number of imidazole rings is 1. The maximum atomic E-state index is 12.4. The van der Waals surface area contributed by atoms with Crippen LogP contribution < -0.4 is 4.74 Å². The minimum atomic E-state index is 0.0775. The topological polar surface area (TPSA) is 46.8 Å². The van der Waals surface area contributed by atoms with Gasteiger partial charge in [0.05, 0.1) is 31.3 Å². The molecule has 0 aliphatic heterocycles. The molecule has 2 heterocycles. The van der Waals surface area contributed by atoms with Gasteiger partial charge < -0.3 is 14.0 Å². The lowest BCUT2D eigenvalue weighted by Gasteiger charge is -2.16. The number of fused-ring (bicyclic) bond motifs is 1. The van der Waals surface area contributed by atoms with Crippen molar-refractivity contribution in [2.75, 3.05) is 19.9 Å². The van der Waals surface area contributed by atoms with Crippen molar-refractivity contribution in [1.82, 2.24) is 14.3 Å². The molecular weight excluding hydrogens is 322 g/mol. The molecule has 0 saturated heterocycles. The first kappa shape index (κ1) is 16.4. The first-order chi connectivity index (χ1) is 11.7. The number of hydrogen-bond acceptors (Lipinski definition) is 4. The molecular formula is C18H19N3O2S. The van der Waals surface area contributed by atoms with Crippen molar-refractivity contribution in [3.63, 3.8) is 0 Å². The van der Waals surface area contributed by atoms with Crippen LogP contribution in [0, 0.1) is 0 Å². The molecule has 0 aliphatic carbocycles. The molecule has 3 aromatic rings. The Morgan fingerprint density at radius 1 is 1.29 bits per heavy atom. The summed E-state index contributed by atoms with van der Waals surface area (Å²) in [5, 5.41) is 0. The molecule has 0 bridgehead atoms. The van der Waals surface area contributed by atoms with Gasteiger partial charge in [0, 0.05) is 18.1 Å². The van der Waals surface area contributed by atoms with Gasteiger partial charge in [0.15, 0.2) is 0 Å². The SMILES string of the molecule is COc1cccc(SCC(=O)N(C)Cc2cnc3ccccn23)c1. The molecule has 0 atom stereocenters. The van der Waals surface area contributed by atoms with E-state index >= 15 is 0 Å². The van der Waals surface area contributed by atoms with E-state index in [1.54, 1.807) is 12.0 Å². The van der Waals surface area contributed by atoms with Gasteiger partial charge in [-0.2, -0.15) is 0 Å². The Kier molecular flexibility index (Phi) is 5.05. The Bertz CT molecular complexity index is 847. The fourth-order valence-electron chi connectivity index (χ4n) is 2.38. The number of methoxy groups -OCH3 is 1. The summed E-state index contributed by atoms with van der Waals surface area (Å²) in [6.45, 7) is 0.530. The van der Waals surface area contributed by atoms with E-state index in [9.17, 15) is 4.79 Å². The Balaban J connectivity index is 1.60. The Morgan fingerprint density at radius 3 is 3.00 bits per heavy atom. The summed E-state index contributed by atoms with van der Waals surface area (Å²) >= 11 is 1.51. The molecule has 0 N–H and O–H groups in total. The van der Waals surface area contributed by atoms with E-state index < -0.39 is 0 Å². The number of benzene rings is 1. The van der Waals surface area contributed by atoms with E-state index in [4.69, 9.17) is 4.74 Å². The Morgan fingerprint density at radius 2 is 2.17 bits per heavy atom. The van der Waals surface area contributed by atoms with Crippen molar-refractivity contribution in [2.24, 2.45) is 0 Å². The Labute approximate surface area is 145 Å². The van der Waals surface area contributed by atoms with Gasteiger partial charge in [-0.15, -0.1) is 11.8 Å². The summed E-state index contributed by atoms with van der Waals surface area (Å²) in [5.74, 6) is 1.26. The number of amides is 1. The average Bonchev–Trinajstić information content (AvgIpc) is 3.03. The molecule has 1 amide bonds. The zero-order chi connectivity index (χ0) is 16.9. The largest absolute Gasteiger partial charge is 0.497 e. The van der Waals surface area contributed by atoms with Crippen LogP contribution in [0.5, 0.6) is 5.75 Å². The molecule has 0 fully saturated rings. The summed E-state index contributed by atoms with van der Waals surface area (Å²) in [6, 6.07) is 13.6. The van der Waals surface area contributed by atoms with Crippen LogP contribution in [0.25, 0.3) is 5.65 Å². The van der Waals surface area contributed by atoms with Crippen LogP contribution in [0.15, 0.2) is 59.8 Å². The summed E-state index contributed by atoms with van der Waals surface area (Å²) in [6.07, 6.45) is 3.77. The Hall–Kier alpha value is -2.47. The minimum Gasteiger partial charge on any atom is -0.497 e. The summed E-state index contributed by atoms with van der Waals surface area (Å²) in [7, 11) is 3.45. The molecule has 0 saturated carbocycles. The van der Waals surface area contributed by atoms with E-state index in [2.05, 4.69) is 4.98 Å². The number of hydrogen-bond donors (Lipinski definition) is 0. The molecule has 0 spiro atoms. The van der Waals surface area contributed by atoms with Gasteiger partial charge in [-0.05, 0) is 30.3 Å². The molecule has 3 rings (SSSR count).